The molecule has 3 rings (SSSR count). The molecule has 2 aromatic rings. The van der Waals surface area contributed by atoms with Gasteiger partial charge in [-0.15, -0.1) is 11.8 Å². The average Bonchev–Trinajstić information content (AvgIpc) is 3.26. The molecular weight excluding hydrogens is 439 g/mol. The fourth-order valence-corrected chi connectivity index (χ4v) is 4.83. The molecule has 10 heteroatoms. The van der Waals surface area contributed by atoms with Crippen molar-refractivity contribution in [3.05, 3.63) is 53.3 Å². The molecule has 0 bridgehead atoms. The van der Waals surface area contributed by atoms with Crippen molar-refractivity contribution in [1.29, 1.82) is 0 Å². The highest BCUT2D eigenvalue weighted by Gasteiger charge is 2.43. The van der Waals surface area contributed by atoms with Gasteiger partial charge in [-0.25, -0.2) is 9.87 Å². The molecule has 0 saturated carbocycles. The highest BCUT2D eigenvalue weighted by molar-refractivity contribution is 7.99. The molecule has 8 nitrogen and oxygen atoms in total. The number of hydrogen-bond acceptors (Lipinski definition) is 7. The molecular formula is C22H25FN2O6S. The molecule has 1 saturated heterocycles. The van der Waals surface area contributed by atoms with Crippen LogP contribution in [0.4, 0.5) is 4.39 Å². The third-order valence-electron chi connectivity index (χ3n) is 4.92. The van der Waals surface area contributed by atoms with Gasteiger partial charge in [0.05, 0.1) is 27.9 Å². The van der Waals surface area contributed by atoms with Crippen LogP contribution in [0.2, 0.25) is 0 Å². The molecule has 1 N–H and O–H groups in total. The Kier molecular flexibility index (Phi) is 7.81. The highest BCUT2D eigenvalue weighted by atomic mass is 32.2. The maximum atomic E-state index is 13.7. The van der Waals surface area contributed by atoms with Crippen molar-refractivity contribution in [2.75, 3.05) is 33.7 Å². The van der Waals surface area contributed by atoms with Gasteiger partial charge in [0.25, 0.3) is 11.8 Å². The first-order valence-corrected chi connectivity index (χ1v) is 10.9. The number of nitrogens with one attached hydrogen (secondary N) is 1. The number of carbonyl (C=O) groups excluding carboxylic acids is 2. The van der Waals surface area contributed by atoms with Crippen LogP contribution in [0.25, 0.3) is 0 Å². The number of amides is 2. The molecule has 0 spiro atoms. The second-order valence-electron chi connectivity index (χ2n) is 6.78. The number of carbonyl (C=O) groups is 2. The molecule has 2 aromatic carbocycles. The highest BCUT2D eigenvalue weighted by Crippen LogP contribution is 2.44. The van der Waals surface area contributed by atoms with Gasteiger partial charge in [-0.05, 0) is 36.8 Å². The van der Waals surface area contributed by atoms with Crippen molar-refractivity contribution in [1.82, 2.24) is 10.4 Å². The van der Waals surface area contributed by atoms with Crippen molar-refractivity contribution >= 4 is 23.6 Å². The second-order valence-corrected chi connectivity index (χ2v) is 7.89. The van der Waals surface area contributed by atoms with Crippen LogP contribution in [0.5, 0.6) is 17.2 Å². The van der Waals surface area contributed by atoms with E-state index in [0.29, 0.717) is 28.6 Å². The lowest BCUT2D eigenvalue weighted by Crippen LogP contribution is -2.48. The van der Waals surface area contributed by atoms with E-state index in [1.807, 2.05) is 0 Å². The van der Waals surface area contributed by atoms with Gasteiger partial charge in [0.15, 0.2) is 11.5 Å². The number of nitrogens with zero attached hydrogens (tertiary/aromatic N) is 1. The molecule has 0 aromatic heterocycles. The summed E-state index contributed by atoms with van der Waals surface area (Å²) < 4.78 is 29.5. The number of rotatable bonds is 8. The Bertz CT molecular complexity index is 946. The normalized spacial score (nSPS) is 17.7. The molecule has 1 heterocycles. The number of thioether (sulfide) groups is 1. The van der Waals surface area contributed by atoms with Gasteiger partial charge < -0.3 is 19.1 Å². The Morgan fingerprint density at radius 2 is 1.72 bits per heavy atom. The van der Waals surface area contributed by atoms with Gasteiger partial charge in [0.2, 0.25) is 5.75 Å². The Balaban J connectivity index is 2.03. The maximum absolute atomic E-state index is 13.7. The van der Waals surface area contributed by atoms with Crippen LogP contribution in [0.3, 0.4) is 0 Å². The molecule has 0 aliphatic carbocycles. The van der Waals surface area contributed by atoms with Gasteiger partial charge in [-0.3, -0.25) is 14.4 Å². The van der Waals surface area contributed by atoms with Crippen molar-refractivity contribution in [3.63, 3.8) is 0 Å². The van der Waals surface area contributed by atoms with Crippen molar-refractivity contribution in [2.45, 2.75) is 18.3 Å². The van der Waals surface area contributed by atoms with Crippen LogP contribution in [-0.4, -0.2) is 56.4 Å². The maximum Gasteiger partial charge on any atom is 0.267 e. The Morgan fingerprint density at radius 1 is 1.09 bits per heavy atom. The van der Waals surface area contributed by atoms with Crippen molar-refractivity contribution in [2.24, 2.45) is 0 Å². The van der Waals surface area contributed by atoms with E-state index in [1.54, 1.807) is 19.1 Å². The van der Waals surface area contributed by atoms with Crippen molar-refractivity contribution < 1.29 is 33.0 Å². The minimum Gasteiger partial charge on any atom is -0.493 e. The third-order valence-corrected chi connectivity index (χ3v) is 6.24. The van der Waals surface area contributed by atoms with Crippen LogP contribution < -0.4 is 19.7 Å². The number of ether oxygens (including phenoxy) is 3. The van der Waals surface area contributed by atoms with E-state index in [2.05, 4.69) is 5.48 Å². The number of methoxy groups -OCH3 is 3. The predicted molar refractivity (Wildman–Crippen MR) is 117 cm³/mol. The Morgan fingerprint density at radius 3 is 2.25 bits per heavy atom. The monoisotopic (exact) mass is 464 g/mol. The quantitative estimate of drug-likeness (QED) is 0.601. The molecule has 2 unspecified atom stereocenters. The van der Waals surface area contributed by atoms with Gasteiger partial charge >= 0.3 is 0 Å². The molecule has 172 valence electrons. The van der Waals surface area contributed by atoms with E-state index in [9.17, 15) is 14.0 Å². The fourth-order valence-electron chi connectivity index (χ4n) is 3.41. The SMILES string of the molecule is CCONC(=O)C1CSC(c2ccc(F)cc2)N1C(=O)c1cc(OC)c(OC)c(OC)c1. The summed E-state index contributed by atoms with van der Waals surface area (Å²) >= 11 is 1.41. The largest absolute Gasteiger partial charge is 0.493 e. The predicted octanol–water partition coefficient (Wildman–Crippen LogP) is 3.18. The van der Waals surface area contributed by atoms with Crippen LogP contribution in [-0.2, 0) is 9.63 Å². The van der Waals surface area contributed by atoms with Crippen LogP contribution in [0.1, 0.15) is 28.2 Å². The molecule has 1 fully saturated rings. The lowest BCUT2D eigenvalue weighted by atomic mass is 10.1. The number of hydroxylamine groups is 1. The summed E-state index contributed by atoms with van der Waals surface area (Å²) in [6, 6.07) is 8.12. The zero-order valence-electron chi connectivity index (χ0n) is 18.2. The van der Waals surface area contributed by atoms with Crippen LogP contribution in [0, 0.1) is 5.82 Å². The third kappa shape index (κ3) is 4.76. The summed E-state index contributed by atoms with van der Waals surface area (Å²) in [4.78, 5) is 33.0. The second kappa shape index (κ2) is 10.6. The first-order valence-electron chi connectivity index (χ1n) is 9.86. The van der Waals surface area contributed by atoms with E-state index in [4.69, 9.17) is 19.0 Å². The minimum atomic E-state index is -0.798. The summed E-state index contributed by atoms with van der Waals surface area (Å²) in [6.07, 6.45) is 0. The van der Waals surface area contributed by atoms with E-state index in [1.165, 1.54) is 62.3 Å². The van der Waals surface area contributed by atoms with Crippen LogP contribution in [0.15, 0.2) is 36.4 Å². The fraction of sp³-hybridized carbons (Fsp3) is 0.364. The summed E-state index contributed by atoms with van der Waals surface area (Å²) in [6.45, 7) is 2.03. The minimum absolute atomic E-state index is 0.253. The van der Waals surface area contributed by atoms with Crippen LogP contribution >= 0.6 is 11.8 Å². The first kappa shape index (κ1) is 23.7. The average molecular weight is 465 g/mol. The van der Waals surface area contributed by atoms with Gasteiger partial charge in [0.1, 0.15) is 17.2 Å². The Hall–Kier alpha value is -2.98. The zero-order chi connectivity index (χ0) is 23.3. The standard InChI is InChI=1S/C22H25FN2O6S/c1-5-31-24-20(26)16-12-32-22(13-6-8-15(23)9-7-13)25(16)21(27)14-10-17(28-2)19(30-4)18(11-14)29-3/h6-11,16,22H,5,12H2,1-4H3,(H,24,26). The summed E-state index contributed by atoms with van der Waals surface area (Å²) in [5.41, 5.74) is 3.33. The van der Waals surface area contributed by atoms with E-state index >= 15 is 0 Å². The topological polar surface area (TPSA) is 86.3 Å². The number of benzene rings is 2. The zero-order valence-corrected chi connectivity index (χ0v) is 19.0. The summed E-state index contributed by atoms with van der Waals surface area (Å²) in [7, 11) is 4.38. The molecule has 1 aliphatic rings. The molecule has 32 heavy (non-hydrogen) atoms. The van der Waals surface area contributed by atoms with Gasteiger partial charge in [-0.1, -0.05) is 12.1 Å². The first-order chi connectivity index (χ1) is 15.4. The molecule has 1 aliphatic heterocycles. The van der Waals surface area contributed by atoms with E-state index in [0.717, 1.165) is 0 Å². The molecule has 2 atom stereocenters. The lowest BCUT2D eigenvalue weighted by Gasteiger charge is -2.29. The smallest absolute Gasteiger partial charge is 0.267 e. The number of hydrogen-bond donors (Lipinski definition) is 1. The Labute approximate surface area is 189 Å². The van der Waals surface area contributed by atoms with Gasteiger partial charge in [0, 0.05) is 11.3 Å². The molecule has 2 amide bonds. The van der Waals surface area contributed by atoms with E-state index in [-0.39, 0.29) is 18.0 Å². The molecule has 0 radical (unpaired) electrons. The van der Waals surface area contributed by atoms with Gasteiger partial charge in [-0.2, -0.15) is 0 Å². The lowest BCUT2D eigenvalue weighted by molar-refractivity contribution is -0.137. The summed E-state index contributed by atoms with van der Waals surface area (Å²) in [5.74, 6) is 0.0845. The summed E-state index contributed by atoms with van der Waals surface area (Å²) in [5, 5.41) is -0.500. The van der Waals surface area contributed by atoms with E-state index < -0.39 is 23.2 Å². The van der Waals surface area contributed by atoms with Crippen molar-refractivity contribution in [3.8, 4) is 17.2 Å². The number of halogens is 1.